The minimum atomic E-state index is -5.71. The van der Waals surface area contributed by atoms with Crippen LogP contribution in [0.5, 0.6) is 11.5 Å². The lowest BCUT2D eigenvalue weighted by Gasteiger charge is -2.38. The maximum atomic E-state index is 13.9. The molecular weight excluding hydrogens is 422 g/mol. The Labute approximate surface area is 179 Å². The summed E-state index contributed by atoms with van der Waals surface area (Å²) in [6, 6.07) is 4.13. The van der Waals surface area contributed by atoms with E-state index in [2.05, 4.69) is 27.7 Å². The quantitative estimate of drug-likeness (QED) is 0.454. The van der Waals surface area contributed by atoms with Gasteiger partial charge in [-0.05, 0) is 48.2 Å². The first-order chi connectivity index (χ1) is 14.1. The molecule has 2 aromatic carbocycles. The first kappa shape index (κ1) is 28.6. The zero-order valence-corrected chi connectivity index (χ0v) is 18.5. The number of benzene rings is 2. The fourth-order valence-electron chi connectivity index (χ4n) is 2.76. The summed E-state index contributed by atoms with van der Waals surface area (Å²) in [6.45, 7) is 10.9. The fourth-order valence-corrected chi connectivity index (χ4v) is 2.76. The predicted octanol–water partition coefficient (Wildman–Crippen LogP) is 7.96. The maximum absolute atomic E-state index is 13.9. The summed E-state index contributed by atoms with van der Waals surface area (Å²) in [4.78, 5) is 0. The van der Waals surface area contributed by atoms with E-state index in [1.54, 1.807) is 0 Å². The lowest BCUT2D eigenvalue weighted by molar-refractivity contribution is -0.288. The zero-order valence-electron chi connectivity index (χ0n) is 18.5. The van der Waals surface area contributed by atoms with E-state index in [0.717, 1.165) is 12.1 Å². The lowest BCUT2D eigenvalue weighted by Crippen LogP contribution is -2.54. The van der Waals surface area contributed by atoms with Gasteiger partial charge in [-0.15, -0.1) is 0 Å². The number of hydrogen-bond donors (Lipinski definition) is 2. The van der Waals surface area contributed by atoms with E-state index >= 15 is 0 Å². The molecule has 2 nitrogen and oxygen atoms in total. The highest BCUT2D eigenvalue weighted by Crippen LogP contribution is 2.56. The van der Waals surface area contributed by atoms with Crippen LogP contribution < -0.4 is 0 Å². The molecule has 0 bridgehead atoms. The highest BCUT2D eigenvalue weighted by molar-refractivity contribution is 5.50. The minimum absolute atomic E-state index is 0.120. The van der Waals surface area contributed by atoms with Crippen LogP contribution in [0.2, 0.25) is 0 Å². The van der Waals surface area contributed by atoms with E-state index in [1.807, 2.05) is 0 Å². The highest BCUT2D eigenvalue weighted by Gasteiger charge is 2.72. The third-order valence-corrected chi connectivity index (χ3v) is 4.11. The number of aromatic hydroxyl groups is 2. The van der Waals surface area contributed by atoms with Crippen LogP contribution in [0.15, 0.2) is 36.4 Å². The Balaban J connectivity index is 0.00000134. The van der Waals surface area contributed by atoms with Crippen molar-refractivity contribution < 1.29 is 36.6 Å². The van der Waals surface area contributed by atoms with E-state index in [0.29, 0.717) is 24.3 Å². The molecule has 0 saturated heterocycles. The van der Waals surface area contributed by atoms with Crippen molar-refractivity contribution >= 4 is 0 Å². The second kappa shape index (κ2) is 11.3. The molecule has 0 spiro atoms. The van der Waals surface area contributed by atoms with Crippen LogP contribution in [0, 0.1) is 13.8 Å². The van der Waals surface area contributed by atoms with Crippen LogP contribution >= 0.6 is 0 Å². The summed E-state index contributed by atoms with van der Waals surface area (Å²) in [5.74, 6) is -0.826. The Hall–Kier alpha value is -2.38. The molecule has 0 unspecified atom stereocenters. The highest BCUT2D eigenvalue weighted by atomic mass is 19.4. The van der Waals surface area contributed by atoms with Gasteiger partial charge in [0.15, 0.2) is 0 Å². The summed E-state index contributed by atoms with van der Waals surface area (Å²) in [6.07, 6.45) is -8.92. The second-order valence-electron chi connectivity index (χ2n) is 7.16. The number of aryl methyl sites for hydroxylation is 2. The first-order valence-corrected chi connectivity index (χ1v) is 9.89. The Morgan fingerprint density at radius 3 is 1.06 bits per heavy atom. The molecule has 31 heavy (non-hydrogen) atoms. The Bertz CT molecular complexity index is 756. The van der Waals surface area contributed by atoms with E-state index in [4.69, 9.17) is 0 Å². The molecule has 0 aliphatic rings. The standard InChI is InChI=1S/C17H14F6O2.2C3H8/c1-9-7-11(3-5-13(9)24)15(16(18,19)20,17(21,22)23)12-4-6-14(25)10(2)8-12;2*1-3-2/h3-8,24-25H,1-2H3;2*3H2,1-2H3. The van der Waals surface area contributed by atoms with Gasteiger partial charge in [0.2, 0.25) is 5.41 Å². The molecule has 0 heterocycles. The summed E-state index contributed by atoms with van der Waals surface area (Å²) in [5, 5.41) is 18.9. The number of phenolic OH excluding ortho intramolecular Hbond substituents is 2. The molecular formula is C23H30F6O2. The van der Waals surface area contributed by atoms with Gasteiger partial charge in [0, 0.05) is 0 Å². The second-order valence-corrected chi connectivity index (χ2v) is 7.16. The molecule has 0 aliphatic carbocycles. The van der Waals surface area contributed by atoms with E-state index in [1.165, 1.54) is 26.7 Å². The Morgan fingerprint density at radius 2 is 0.871 bits per heavy atom. The van der Waals surface area contributed by atoms with Crippen LogP contribution in [0.25, 0.3) is 0 Å². The molecule has 0 atom stereocenters. The average Bonchev–Trinajstić information content (AvgIpc) is 2.60. The van der Waals surface area contributed by atoms with Crippen molar-refractivity contribution in [2.75, 3.05) is 0 Å². The average molecular weight is 452 g/mol. The van der Waals surface area contributed by atoms with Crippen molar-refractivity contribution in [3.63, 3.8) is 0 Å². The van der Waals surface area contributed by atoms with Gasteiger partial charge in [0.05, 0.1) is 0 Å². The van der Waals surface area contributed by atoms with Gasteiger partial charge >= 0.3 is 12.4 Å². The number of rotatable bonds is 2. The Morgan fingerprint density at radius 1 is 0.613 bits per heavy atom. The topological polar surface area (TPSA) is 40.5 Å². The molecule has 0 saturated carbocycles. The van der Waals surface area contributed by atoms with Crippen molar-refractivity contribution in [2.24, 2.45) is 0 Å². The number of alkyl halides is 6. The van der Waals surface area contributed by atoms with Crippen LogP contribution in [0.4, 0.5) is 26.3 Å². The SMILES string of the molecule is CCC.CCC.Cc1cc(C(c2ccc(O)c(C)c2)(C(F)(F)F)C(F)(F)F)ccc1O. The summed E-state index contributed by atoms with van der Waals surface area (Å²) < 4.78 is 83.2. The van der Waals surface area contributed by atoms with Crippen molar-refractivity contribution in [1.82, 2.24) is 0 Å². The molecule has 2 rings (SSSR count). The van der Waals surface area contributed by atoms with Gasteiger partial charge in [-0.1, -0.05) is 64.8 Å². The van der Waals surface area contributed by atoms with Crippen molar-refractivity contribution in [3.8, 4) is 11.5 Å². The van der Waals surface area contributed by atoms with Gasteiger partial charge < -0.3 is 10.2 Å². The molecule has 2 N–H and O–H groups in total. The lowest BCUT2D eigenvalue weighted by atomic mass is 9.72. The van der Waals surface area contributed by atoms with Gasteiger partial charge in [-0.25, -0.2) is 0 Å². The number of halogens is 6. The van der Waals surface area contributed by atoms with Gasteiger partial charge in [0.25, 0.3) is 0 Å². The largest absolute Gasteiger partial charge is 0.508 e. The molecule has 2 aromatic rings. The van der Waals surface area contributed by atoms with Gasteiger partial charge in [-0.3, -0.25) is 0 Å². The summed E-state index contributed by atoms with van der Waals surface area (Å²) in [5.41, 5.74) is -6.66. The predicted molar refractivity (Wildman–Crippen MR) is 111 cm³/mol. The van der Waals surface area contributed by atoms with Crippen LogP contribution in [0.3, 0.4) is 0 Å². The van der Waals surface area contributed by atoms with Crippen LogP contribution in [0.1, 0.15) is 62.8 Å². The molecule has 8 heteroatoms. The summed E-state index contributed by atoms with van der Waals surface area (Å²) >= 11 is 0. The Kier molecular flexibility index (Phi) is 10.4. The molecule has 0 aliphatic heterocycles. The molecule has 176 valence electrons. The monoisotopic (exact) mass is 452 g/mol. The van der Waals surface area contributed by atoms with E-state index in [9.17, 15) is 36.6 Å². The third-order valence-electron chi connectivity index (χ3n) is 4.11. The normalized spacial score (nSPS) is 11.7. The van der Waals surface area contributed by atoms with E-state index < -0.39 is 40.4 Å². The zero-order chi connectivity index (χ0) is 24.6. The van der Waals surface area contributed by atoms with Gasteiger partial charge in [0.1, 0.15) is 11.5 Å². The van der Waals surface area contributed by atoms with Crippen LogP contribution in [-0.4, -0.2) is 22.6 Å². The third kappa shape index (κ3) is 6.31. The van der Waals surface area contributed by atoms with Crippen molar-refractivity contribution in [3.05, 3.63) is 58.7 Å². The summed E-state index contributed by atoms with van der Waals surface area (Å²) in [7, 11) is 0. The molecule has 0 aromatic heterocycles. The maximum Gasteiger partial charge on any atom is 0.411 e. The van der Waals surface area contributed by atoms with Gasteiger partial charge in [-0.2, -0.15) is 26.3 Å². The fraction of sp³-hybridized carbons (Fsp3) is 0.478. The smallest absolute Gasteiger partial charge is 0.411 e. The minimum Gasteiger partial charge on any atom is -0.508 e. The molecule has 0 fully saturated rings. The van der Waals surface area contributed by atoms with E-state index in [-0.39, 0.29) is 11.1 Å². The first-order valence-electron chi connectivity index (χ1n) is 9.89. The van der Waals surface area contributed by atoms with Crippen molar-refractivity contribution in [1.29, 1.82) is 0 Å². The van der Waals surface area contributed by atoms with Crippen molar-refractivity contribution in [2.45, 2.75) is 72.2 Å². The van der Waals surface area contributed by atoms with Crippen LogP contribution in [-0.2, 0) is 5.41 Å². The molecule has 0 radical (unpaired) electrons. The molecule has 0 amide bonds. The number of phenols is 2. The number of hydrogen-bond acceptors (Lipinski definition) is 2.